The molecule has 0 aliphatic rings. The molecule has 2 aromatic carbocycles. The molecule has 2 aromatic rings. The maximum atomic E-state index is 13.3. The summed E-state index contributed by atoms with van der Waals surface area (Å²) in [5.74, 6) is -0.236. The maximum Gasteiger partial charge on any atom is 0.146 e. The highest BCUT2D eigenvalue weighted by Gasteiger charge is 2.06. The van der Waals surface area contributed by atoms with Gasteiger partial charge in [0.05, 0.1) is 5.69 Å². The summed E-state index contributed by atoms with van der Waals surface area (Å²) in [6.45, 7) is 0.270. The van der Waals surface area contributed by atoms with Crippen LogP contribution in [0.3, 0.4) is 0 Å². The van der Waals surface area contributed by atoms with Gasteiger partial charge < -0.3 is 10.4 Å². The van der Waals surface area contributed by atoms with Crippen LogP contribution in [-0.4, -0.2) is 5.11 Å². The van der Waals surface area contributed by atoms with Crippen LogP contribution in [0, 0.1) is 5.82 Å². The van der Waals surface area contributed by atoms with E-state index in [4.69, 9.17) is 11.6 Å². The number of hydrogen-bond acceptors (Lipinski definition) is 2. The van der Waals surface area contributed by atoms with Crippen LogP contribution in [0.25, 0.3) is 0 Å². The number of phenolic OH excluding ortho intramolecular Hbond substituents is 1. The number of rotatable bonds is 3. The van der Waals surface area contributed by atoms with Crippen molar-refractivity contribution in [3.8, 4) is 5.75 Å². The average Bonchev–Trinajstić information content (AvgIpc) is 2.30. The number of benzene rings is 2. The molecule has 0 radical (unpaired) electrons. The highest BCUT2D eigenvalue weighted by molar-refractivity contribution is 6.31. The summed E-state index contributed by atoms with van der Waals surface area (Å²) < 4.78 is 13.3. The number of aromatic hydroxyl groups is 1. The number of halogens is 2. The molecule has 0 aromatic heterocycles. The van der Waals surface area contributed by atoms with Gasteiger partial charge in [-0.3, -0.25) is 0 Å². The normalized spacial score (nSPS) is 10.2. The van der Waals surface area contributed by atoms with Crippen molar-refractivity contribution in [3.63, 3.8) is 0 Å². The summed E-state index contributed by atoms with van der Waals surface area (Å²) in [7, 11) is 0. The molecule has 0 heterocycles. The first-order valence-electron chi connectivity index (χ1n) is 5.13. The smallest absolute Gasteiger partial charge is 0.146 e. The Kier molecular flexibility index (Phi) is 3.49. The molecule has 0 aliphatic carbocycles. The molecule has 0 aliphatic heterocycles. The van der Waals surface area contributed by atoms with Crippen molar-refractivity contribution in [1.82, 2.24) is 0 Å². The molecule has 2 N–H and O–H groups in total. The largest absolute Gasteiger partial charge is 0.508 e. The van der Waals surface area contributed by atoms with Crippen molar-refractivity contribution in [2.75, 3.05) is 5.32 Å². The van der Waals surface area contributed by atoms with E-state index < -0.39 is 0 Å². The fourth-order valence-corrected chi connectivity index (χ4v) is 1.75. The Hall–Kier alpha value is -1.74. The van der Waals surface area contributed by atoms with E-state index in [1.54, 1.807) is 36.4 Å². The Balaban J connectivity index is 2.16. The van der Waals surface area contributed by atoms with Gasteiger partial charge in [-0.1, -0.05) is 29.8 Å². The summed E-state index contributed by atoms with van der Waals surface area (Å²) in [5, 5.41) is 13.0. The first-order valence-corrected chi connectivity index (χ1v) is 5.51. The van der Waals surface area contributed by atoms with Gasteiger partial charge in [0.25, 0.3) is 0 Å². The van der Waals surface area contributed by atoms with Crippen LogP contribution >= 0.6 is 11.6 Å². The van der Waals surface area contributed by atoms with Gasteiger partial charge in [-0.2, -0.15) is 0 Å². The quantitative estimate of drug-likeness (QED) is 0.870. The van der Waals surface area contributed by atoms with Crippen LogP contribution in [0.2, 0.25) is 5.02 Å². The summed E-state index contributed by atoms with van der Waals surface area (Å²) >= 11 is 5.94. The van der Waals surface area contributed by atoms with Gasteiger partial charge >= 0.3 is 0 Å². The Bertz CT molecular complexity index is 510. The van der Waals surface area contributed by atoms with Crippen molar-refractivity contribution >= 4 is 17.3 Å². The fourth-order valence-electron chi connectivity index (χ4n) is 1.51. The third-order valence-corrected chi connectivity index (χ3v) is 2.78. The monoisotopic (exact) mass is 251 g/mol. The topological polar surface area (TPSA) is 32.3 Å². The number of anilines is 1. The Morgan fingerprint density at radius 2 is 1.88 bits per heavy atom. The number of hydrogen-bond donors (Lipinski definition) is 2. The Labute approximate surface area is 104 Å². The Morgan fingerprint density at radius 3 is 2.59 bits per heavy atom. The maximum absolute atomic E-state index is 13.3. The number of phenols is 1. The van der Waals surface area contributed by atoms with Gasteiger partial charge in [0.15, 0.2) is 0 Å². The van der Waals surface area contributed by atoms with E-state index >= 15 is 0 Å². The lowest BCUT2D eigenvalue weighted by Crippen LogP contribution is -2.02. The van der Waals surface area contributed by atoms with E-state index in [-0.39, 0.29) is 18.1 Å². The minimum atomic E-state index is -0.334. The van der Waals surface area contributed by atoms with Crippen molar-refractivity contribution in [2.24, 2.45) is 0 Å². The predicted molar refractivity (Wildman–Crippen MR) is 66.8 cm³/mol. The highest BCUT2D eigenvalue weighted by atomic mass is 35.5. The first kappa shape index (κ1) is 11.7. The lowest BCUT2D eigenvalue weighted by molar-refractivity contribution is 0.469. The molecular weight excluding hydrogens is 241 g/mol. The van der Waals surface area contributed by atoms with E-state index in [1.165, 1.54) is 6.07 Å². The van der Waals surface area contributed by atoms with Crippen molar-refractivity contribution in [2.45, 2.75) is 6.54 Å². The predicted octanol–water partition coefficient (Wildman–Crippen LogP) is 3.80. The molecule has 0 saturated heterocycles. The van der Waals surface area contributed by atoms with Gasteiger partial charge in [0.1, 0.15) is 11.6 Å². The summed E-state index contributed by atoms with van der Waals surface area (Å²) in [6, 6.07) is 11.2. The van der Waals surface area contributed by atoms with Gasteiger partial charge in [-0.15, -0.1) is 0 Å². The van der Waals surface area contributed by atoms with E-state index in [0.717, 1.165) is 0 Å². The molecule has 2 nitrogen and oxygen atoms in total. The van der Waals surface area contributed by atoms with Gasteiger partial charge in [0.2, 0.25) is 0 Å². The molecule has 17 heavy (non-hydrogen) atoms. The summed E-state index contributed by atoms with van der Waals surface area (Å²) in [4.78, 5) is 0. The standard InChI is InChI=1S/C13H11ClFNO/c14-10-4-3-7-13(17)9(10)8-16-12-6-2-1-5-11(12)15/h1-7,16-17H,8H2. The molecule has 0 fully saturated rings. The zero-order chi connectivity index (χ0) is 12.3. The van der Waals surface area contributed by atoms with Crippen LogP contribution in [0.4, 0.5) is 10.1 Å². The zero-order valence-electron chi connectivity index (χ0n) is 8.95. The second-order valence-corrected chi connectivity index (χ2v) is 3.98. The van der Waals surface area contributed by atoms with Crippen molar-refractivity contribution in [1.29, 1.82) is 0 Å². The lowest BCUT2D eigenvalue weighted by Gasteiger charge is -2.10. The third-order valence-electron chi connectivity index (χ3n) is 2.42. The zero-order valence-corrected chi connectivity index (χ0v) is 9.71. The second-order valence-electron chi connectivity index (χ2n) is 3.57. The van der Waals surface area contributed by atoms with Crippen LogP contribution in [0.15, 0.2) is 42.5 Å². The van der Waals surface area contributed by atoms with Crippen LogP contribution < -0.4 is 5.32 Å². The summed E-state index contributed by atoms with van der Waals surface area (Å²) in [6.07, 6.45) is 0. The van der Waals surface area contributed by atoms with E-state index in [9.17, 15) is 9.50 Å². The molecule has 4 heteroatoms. The molecule has 0 spiro atoms. The minimum Gasteiger partial charge on any atom is -0.508 e. The first-order chi connectivity index (χ1) is 8.18. The van der Waals surface area contributed by atoms with Crippen molar-refractivity contribution < 1.29 is 9.50 Å². The molecule has 0 amide bonds. The molecule has 0 atom stereocenters. The number of nitrogens with one attached hydrogen (secondary N) is 1. The average molecular weight is 252 g/mol. The molecule has 2 rings (SSSR count). The lowest BCUT2D eigenvalue weighted by atomic mass is 10.2. The number of para-hydroxylation sites is 1. The SMILES string of the molecule is Oc1cccc(Cl)c1CNc1ccccc1F. The summed E-state index contributed by atoms with van der Waals surface area (Å²) in [5.41, 5.74) is 0.934. The van der Waals surface area contributed by atoms with Crippen LogP contribution in [0.5, 0.6) is 5.75 Å². The Morgan fingerprint density at radius 1 is 1.12 bits per heavy atom. The van der Waals surface area contributed by atoms with Gasteiger partial charge in [0, 0.05) is 17.1 Å². The fraction of sp³-hybridized carbons (Fsp3) is 0.0769. The molecule has 0 bridgehead atoms. The van der Waals surface area contributed by atoms with E-state index in [2.05, 4.69) is 5.32 Å². The van der Waals surface area contributed by atoms with Gasteiger partial charge in [-0.05, 0) is 24.3 Å². The van der Waals surface area contributed by atoms with Crippen molar-refractivity contribution in [3.05, 3.63) is 58.9 Å². The van der Waals surface area contributed by atoms with E-state index in [1.807, 2.05) is 0 Å². The highest BCUT2D eigenvalue weighted by Crippen LogP contribution is 2.26. The second kappa shape index (κ2) is 5.06. The molecule has 0 saturated carbocycles. The molecular formula is C13H11ClFNO. The van der Waals surface area contributed by atoms with Crippen LogP contribution in [-0.2, 0) is 6.54 Å². The molecule has 0 unspecified atom stereocenters. The van der Waals surface area contributed by atoms with Crippen LogP contribution in [0.1, 0.15) is 5.56 Å². The van der Waals surface area contributed by atoms with E-state index in [0.29, 0.717) is 16.3 Å². The van der Waals surface area contributed by atoms with Gasteiger partial charge in [-0.25, -0.2) is 4.39 Å². The molecule has 88 valence electrons. The third kappa shape index (κ3) is 2.68. The minimum absolute atomic E-state index is 0.0985.